The third-order valence-electron chi connectivity index (χ3n) is 6.13. The van der Waals surface area contributed by atoms with Crippen LogP contribution in [0.3, 0.4) is 0 Å². The SMILES string of the molecule is CCN1CCCC1CNC(=NCc1nnc(C)n1C)NCCCN(C)c1ccccc1.I. The van der Waals surface area contributed by atoms with Crippen molar-refractivity contribution in [2.45, 2.75) is 45.7 Å². The number of halogens is 1. The lowest BCUT2D eigenvalue weighted by Gasteiger charge is -2.24. The Labute approximate surface area is 209 Å². The van der Waals surface area contributed by atoms with Gasteiger partial charge in [-0.2, -0.15) is 0 Å². The Morgan fingerprint density at radius 3 is 2.69 bits per heavy atom. The van der Waals surface area contributed by atoms with Crippen LogP contribution in [0.1, 0.15) is 37.8 Å². The van der Waals surface area contributed by atoms with E-state index in [1.54, 1.807) is 0 Å². The summed E-state index contributed by atoms with van der Waals surface area (Å²) in [6.45, 7) is 9.79. The molecule has 1 saturated heterocycles. The number of aromatic nitrogens is 3. The number of hydrogen-bond donors (Lipinski definition) is 2. The number of likely N-dealkylation sites (tertiary alicyclic amines) is 1. The van der Waals surface area contributed by atoms with Crippen molar-refractivity contribution >= 4 is 35.6 Å². The smallest absolute Gasteiger partial charge is 0.191 e. The maximum absolute atomic E-state index is 4.79. The van der Waals surface area contributed by atoms with E-state index in [1.807, 2.05) is 18.5 Å². The largest absolute Gasteiger partial charge is 0.375 e. The summed E-state index contributed by atoms with van der Waals surface area (Å²) < 4.78 is 1.99. The number of rotatable bonds is 10. The van der Waals surface area contributed by atoms with E-state index in [4.69, 9.17) is 4.99 Å². The Hall–Kier alpha value is -1.88. The fourth-order valence-electron chi connectivity index (χ4n) is 4.00. The van der Waals surface area contributed by atoms with Crippen LogP contribution < -0.4 is 15.5 Å². The molecule has 3 rings (SSSR count). The predicted octanol–water partition coefficient (Wildman–Crippen LogP) is 2.79. The molecule has 1 atom stereocenters. The fraction of sp³-hybridized carbons (Fsp3) is 0.609. The van der Waals surface area contributed by atoms with Crippen molar-refractivity contribution in [3.63, 3.8) is 0 Å². The molecular weight excluding hydrogens is 515 g/mol. The van der Waals surface area contributed by atoms with Gasteiger partial charge in [0.05, 0.1) is 0 Å². The van der Waals surface area contributed by atoms with Crippen molar-refractivity contribution in [3.8, 4) is 0 Å². The second-order valence-electron chi connectivity index (χ2n) is 8.23. The van der Waals surface area contributed by atoms with E-state index in [2.05, 4.69) is 74.9 Å². The Kier molecular flexibility index (Phi) is 11.2. The van der Waals surface area contributed by atoms with Crippen molar-refractivity contribution in [1.82, 2.24) is 30.3 Å². The van der Waals surface area contributed by atoms with Crippen LogP contribution in [-0.4, -0.2) is 71.4 Å². The molecule has 2 heterocycles. The quantitative estimate of drug-likeness (QED) is 0.204. The number of hydrogen-bond acceptors (Lipinski definition) is 5. The van der Waals surface area contributed by atoms with Crippen LogP contribution in [0.5, 0.6) is 0 Å². The molecular formula is C23H39IN8. The predicted molar refractivity (Wildman–Crippen MR) is 143 cm³/mol. The van der Waals surface area contributed by atoms with Gasteiger partial charge in [-0.15, -0.1) is 34.2 Å². The molecule has 0 amide bonds. The van der Waals surface area contributed by atoms with Gasteiger partial charge in [0.15, 0.2) is 11.8 Å². The highest BCUT2D eigenvalue weighted by Crippen LogP contribution is 2.15. The van der Waals surface area contributed by atoms with Crippen molar-refractivity contribution in [2.24, 2.45) is 12.0 Å². The van der Waals surface area contributed by atoms with Crippen LogP contribution in [0.15, 0.2) is 35.3 Å². The number of anilines is 1. The first-order valence-corrected chi connectivity index (χ1v) is 11.5. The molecule has 0 aliphatic carbocycles. The zero-order valence-corrected chi connectivity index (χ0v) is 22.2. The number of nitrogens with one attached hydrogen (secondary N) is 2. The molecule has 1 unspecified atom stereocenters. The van der Waals surface area contributed by atoms with E-state index in [1.165, 1.54) is 25.1 Å². The molecule has 9 heteroatoms. The van der Waals surface area contributed by atoms with E-state index in [0.717, 1.165) is 50.2 Å². The van der Waals surface area contributed by atoms with Crippen molar-refractivity contribution < 1.29 is 0 Å². The van der Waals surface area contributed by atoms with Gasteiger partial charge in [-0.25, -0.2) is 4.99 Å². The summed E-state index contributed by atoms with van der Waals surface area (Å²) in [6.07, 6.45) is 3.56. The Bertz CT molecular complexity index is 823. The van der Waals surface area contributed by atoms with Crippen molar-refractivity contribution in [1.29, 1.82) is 0 Å². The maximum atomic E-state index is 4.79. The summed E-state index contributed by atoms with van der Waals surface area (Å²) in [5, 5.41) is 15.5. The van der Waals surface area contributed by atoms with Crippen molar-refractivity contribution in [2.75, 3.05) is 44.7 Å². The standard InChI is InChI=1S/C23H38N8.HI/c1-5-31-16-9-13-21(31)17-25-23(26-18-22-28-27-19(2)30(22)4)24-14-10-15-29(3)20-11-7-6-8-12-20;/h6-8,11-12,21H,5,9-10,13-18H2,1-4H3,(H2,24,25,26);1H. The summed E-state index contributed by atoms with van der Waals surface area (Å²) >= 11 is 0. The van der Waals surface area contributed by atoms with Crippen LogP contribution in [0.4, 0.5) is 5.69 Å². The summed E-state index contributed by atoms with van der Waals surface area (Å²) in [7, 11) is 4.12. The minimum Gasteiger partial charge on any atom is -0.375 e. The average Bonchev–Trinajstić information content (AvgIpc) is 3.39. The average molecular weight is 555 g/mol. The lowest BCUT2D eigenvalue weighted by molar-refractivity contribution is 0.267. The minimum atomic E-state index is 0. The Morgan fingerprint density at radius 2 is 2.00 bits per heavy atom. The first-order valence-electron chi connectivity index (χ1n) is 11.5. The lowest BCUT2D eigenvalue weighted by atomic mass is 10.2. The number of para-hydroxylation sites is 1. The molecule has 0 radical (unpaired) electrons. The second kappa shape index (κ2) is 13.6. The molecule has 178 valence electrons. The third kappa shape index (κ3) is 7.61. The fourth-order valence-corrected chi connectivity index (χ4v) is 4.00. The van der Waals surface area contributed by atoms with Gasteiger partial charge in [-0.3, -0.25) is 4.90 Å². The Morgan fingerprint density at radius 1 is 1.22 bits per heavy atom. The second-order valence-corrected chi connectivity index (χ2v) is 8.23. The van der Waals surface area contributed by atoms with Crippen LogP contribution in [0.25, 0.3) is 0 Å². The van der Waals surface area contributed by atoms with E-state index in [0.29, 0.717) is 12.6 Å². The lowest BCUT2D eigenvalue weighted by Crippen LogP contribution is -2.45. The summed E-state index contributed by atoms with van der Waals surface area (Å²) in [6, 6.07) is 11.1. The van der Waals surface area contributed by atoms with Crippen molar-refractivity contribution in [3.05, 3.63) is 42.0 Å². The number of aliphatic imine (C=N–C) groups is 1. The van der Waals surface area contributed by atoms with Crippen LogP contribution in [-0.2, 0) is 13.6 Å². The number of likely N-dealkylation sites (N-methyl/N-ethyl adjacent to an activating group) is 1. The van der Waals surface area contributed by atoms with Crippen LogP contribution >= 0.6 is 24.0 Å². The Balaban J connectivity index is 0.00000363. The van der Waals surface area contributed by atoms with Gasteiger partial charge < -0.3 is 20.1 Å². The number of guanidine groups is 1. The van der Waals surface area contributed by atoms with Gasteiger partial charge >= 0.3 is 0 Å². The van der Waals surface area contributed by atoms with Gasteiger partial charge in [-0.1, -0.05) is 25.1 Å². The van der Waals surface area contributed by atoms with Gasteiger partial charge in [0.2, 0.25) is 0 Å². The highest BCUT2D eigenvalue weighted by Gasteiger charge is 2.22. The molecule has 0 saturated carbocycles. The molecule has 0 bridgehead atoms. The first-order chi connectivity index (χ1) is 15.1. The zero-order chi connectivity index (χ0) is 22.1. The number of nitrogens with zero attached hydrogens (tertiary/aromatic N) is 6. The first kappa shape index (κ1) is 26.4. The molecule has 1 aliphatic heterocycles. The van der Waals surface area contributed by atoms with Gasteiger partial charge in [0.25, 0.3) is 0 Å². The third-order valence-corrected chi connectivity index (χ3v) is 6.13. The monoisotopic (exact) mass is 554 g/mol. The summed E-state index contributed by atoms with van der Waals surface area (Å²) in [5.41, 5.74) is 1.24. The molecule has 0 spiro atoms. The van der Waals surface area contributed by atoms with Gasteiger partial charge in [-0.05, 0) is 51.4 Å². The molecule has 1 aromatic heterocycles. The normalized spacial score (nSPS) is 16.6. The molecule has 1 aliphatic rings. The summed E-state index contributed by atoms with van der Waals surface area (Å²) in [4.78, 5) is 9.62. The van der Waals surface area contributed by atoms with E-state index in [9.17, 15) is 0 Å². The molecule has 8 nitrogen and oxygen atoms in total. The van der Waals surface area contributed by atoms with E-state index in [-0.39, 0.29) is 24.0 Å². The molecule has 32 heavy (non-hydrogen) atoms. The van der Waals surface area contributed by atoms with Crippen LogP contribution in [0.2, 0.25) is 0 Å². The molecule has 2 aromatic rings. The van der Waals surface area contributed by atoms with Crippen LogP contribution in [0, 0.1) is 6.92 Å². The number of benzene rings is 1. The zero-order valence-electron chi connectivity index (χ0n) is 19.9. The van der Waals surface area contributed by atoms with Gasteiger partial charge in [0.1, 0.15) is 12.4 Å². The van der Waals surface area contributed by atoms with E-state index >= 15 is 0 Å². The minimum absolute atomic E-state index is 0. The van der Waals surface area contributed by atoms with Gasteiger partial charge in [0, 0.05) is 45.5 Å². The molecule has 2 N–H and O–H groups in total. The topological polar surface area (TPSA) is 73.6 Å². The number of aryl methyl sites for hydroxylation is 1. The highest BCUT2D eigenvalue weighted by molar-refractivity contribution is 14.0. The highest BCUT2D eigenvalue weighted by atomic mass is 127. The molecule has 1 aromatic carbocycles. The summed E-state index contributed by atoms with van der Waals surface area (Å²) in [5.74, 6) is 2.63. The van der Waals surface area contributed by atoms with E-state index < -0.39 is 0 Å². The molecule has 1 fully saturated rings. The maximum Gasteiger partial charge on any atom is 0.191 e.